The molecule has 1 amide bonds. The lowest BCUT2D eigenvalue weighted by molar-refractivity contribution is -0.114. The van der Waals surface area contributed by atoms with E-state index < -0.39 is 0 Å². The van der Waals surface area contributed by atoms with Crippen molar-refractivity contribution in [2.24, 2.45) is 5.10 Å². The molecule has 0 saturated heterocycles. The van der Waals surface area contributed by atoms with Gasteiger partial charge in [-0.2, -0.15) is 10.1 Å². The summed E-state index contributed by atoms with van der Waals surface area (Å²) in [7, 11) is 3.16. The summed E-state index contributed by atoms with van der Waals surface area (Å²) in [5, 5.41) is 9.09. The van der Waals surface area contributed by atoms with Gasteiger partial charge in [-0.3, -0.25) is 4.79 Å². The van der Waals surface area contributed by atoms with Gasteiger partial charge in [-0.25, -0.2) is 4.98 Å². The quantitative estimate of drug-likeness (QED) is 0.290. The fourth-order valence-corrected chi connectivity index (χ4v) is 4.61. The highest BCUT2D eigenvalue weighted by Crippen LogP contribution is 2.34. The second-order valence-electron chi connectivity index (χ2n) is 7.63. The van der Waals surface area contributed by atoms with Gasteiger partial charge in [0.2, 0.25) is 5.13 Å². The normalized spacial score (nSPS) is 14.4. The van der Waals surface area contributed by atoms with E-state index in [1.54, 1.807) is 20.3 Å². The van der Waals surface area contributed by atoms with Crippen molar-refractivity contribution >= 4 is 45.8 Å². The van der Waals surface area contributed by atoms with E-state index in [2.05, 4.69) is 10.1 Å². The molecule has 0 unspecified atom stereocenters. The van der Waals surface area contributed by atoms with Crippen molar-refractivity contribution < 1.29 is 14.3 Å². The number of nitrogens with zero attached hydrogens (tertiary/aromatic N) is 3. The molecule has 0 aliphatic carbocycles. The van der Waals surface area contributed by atoms with E-state index in [1.807, 2.05) is 78.2 Å². The number of anilines is 1. The van der Waals surface area contributed by atoms with E-state index in [1.165, 1.54) is 16.3 Å². The van der Waals surface area contributed by atoms with Gasteiger partial charge in [0.05, 0.1) is 25.5 Å². The summed E-state index contributed by atoms with van der Waals surface area (Å²) in [5.74, 6) is 0.939. The molecule has 0 spiro atoms. The van der Waals surface area contributed by atoms with Crippen LogP contribution in [0.4, 0.5) is 5.13 Å². The number of carbonyl (C=O) groups is 1. The van der Waals surface area contributed by atoms with Gasteiger partial charge in [0.15, 0.2) is 11.5 Å². The van der Waals surface area contributed by atoms with E-state index in [0.717, 1.165) is 22.4 Å². The van der Waals surface area contributed by atoms with Crippen LogP contribution in [0.25, 0.3) is 17.3 Å². The molecule has 8 heteroatoms. The Bertz CT molecular complexity index is 1450. The number of carbonyl (C=O) groups excluding carboxylic acids is 1. The van der Waals surface area contributed by atoms with Crippen LogP contribution in [0.15, 0.2) is 88.9 Å². The molecule has 0 saturated carbocycles. The number of benzene rings is 3. The number of aromatic nitrogens is 1. The largest absolute Gasteiger partial charge is 0.493 e. The van der Waals surface area contributed by atoms with E-state index in [4.69, 9.17) is 21.1 Å². The Hall–Kier alpha value is -3.94. The highest BCUT2D eigenvalue weighted by Gasteiger charge is 2.33. The van der Waals surface area contributed by atoms with Crippen molar-refractivity contribution in [1.82, 2.24) is 4.98 Å². The minimum absolute atomic E-state index is 0.254. The molecular weight excluding hydrogens is 482 g/mol. The highest BCUT2D eigenvalue weighted by atomic mass is 35.5. The lowest BCUT2D eigenvalue weighted by atomic mass is 10.00. The molecule has 1 aromatic heterocycles. The summed E-state index contributed by atoms with van der Waals surface area (Å²) < 4.78 is 10.8. The van der Waals surface area contributed by atoms with Crippen LogP contribution in [-0.2, 0) is 4.79 Å². The molecule has 4 aromatic rings. The SMILES string of the molecule is COc1ccc(C=C2C(=O)N(c3nc(-c4ccc(Cl)cc4)cs3)N=C2c2ccccc2)cc1OC. The molecule has 1 aliphatic heterocycles. The van der Waals surface area contributed by atoms with Crippen molar-refractivity contribution in [2.75, 3.05) is 19.2 Å². The van der Waals surface area contributed by atoms with Gasteiger partial charge in [-0.05, 0) is 35.9 Å². The van der Waals surface area contributed by atoms with Gasteiger partial charge in [-0.1, -0.05) is 60.1 Å². The number of hydrogen-bond donors (Lipinski definition) is 0. The van der Waals surface area contributed by atoms with E-state index in [9.17, 15) is 4.79 Å². The lowest BCUT2D eigenvalue weighted by Gasteiger charge is -2.09. The fraction of sp³-hybridized carbons (Fsp3) is 0.0741. The number of hydrogen-bond acceptors (Lipinski definition) is 6. The maximum atomic E-state index is 13.6. The third kappa shape index (κ3) is 4.56. The molecule has 5 rings (SSSR count). The Balaban J connectivity index is 1.55. The number of halogens is 1. The number of ether oxygens (including phenoxy) is 2. The first kappa shape index (κ1) is 22.8. The first-order chi connectivity index (χ1) is 17.1. The molecule has 0 radical (unpaired) electrons. The number of rotatable bonds is 6. The summed E-state index contributed by atoms with van der Waals surface area (Å²) in [5.41, 5.74) is 4.34. The zero-order valence-corrected chi connectivity index (χ0v) is 20.5. The summed E-state index contributed by atoms with van der Waals surface area (Å²) in [4.78, 5) is 18.3. The van der Waals surface area contributed by atoms with Crippen LogP contribution in [0, 0.1) is 0 Å². The minimum atomic E-state index is -0.254. The van der Waals surface area contributed by atoms with Crippen LogP contribution in [0.2, 0.25) is 5.02 Å². The van der Waals surface area contributed by atoms with Crippen molar-refractivity contribution in [2.45, 2.75) is 0 Å². The Labute approximate surface area is 211 Å². The fourth-order valence-electron chi connectivity index (χ4n) is 3.71. The third-order valence-electron chi connectivity index (χ3n) is 5.46. The zero-order chi connectivity index (χ0) is 24.4. The van der Waals surface area contributed by atoms with E-state index >= 15 is 0 Å². The highest BCUT2D eigenvalue weighted by molar-refractivity contribution is 7.14. The molecule has 0 N–H and O–H groups in total. The predicted octanol–water partition coefficient (Wildman–Crippen LogP) is 6.32. The molecule has 0 fully saturated rings. The molecule has 1 aliphatic rings. The summed E-state index contributed by atoms with van der Waals surface area (Å²) in [6, 6.07) is 22.5. The van der Waals surface area contributed by atoms with Crippen LogP contribution in [0.5, 0.6) is 11.5 Å². The van der Waals surface area contributed by atoms with Gasteiger partial charge < -0.3 is 9.47 Å². The van der Waals surface area contributed by atoms with Crippen LogP contribution in [-0.4, -0.2) is 30.8 Å². The van der Waals surface area contributed by atoms with Gasteiger partial charge in [-0.15, -0.1) is 11.3 Å². The summed E-state index contributed by atoms with van der Waals surface area (Å²) in [6.45, 7) is 0. The molecule has 0 bridgehead atoms. The summed E-state index contributed by atoms with van der Waals surface area (Å²) >= 11 is 7.37. The Kier molecular flexibility index (Phi) is 6.35. The van der Waals surface area contributed by atoms with Crippen molar-refractivity contribution in [1.29, 1.82) is 0 Å². The maximum Gasteiger partial charge on any atom is 0.283 e. The monoisotopic (exact) mass is 501 g/mol. The smallest absolute Gasteiger partial charge is 0.283 e. The van der Waals surface area contributed by atoms with Gasteiger partial charge in [0.1, 0.15) is 5.71 Å². The molecule has 6 nitrogen and oxygen atoms in total. The van der Waals surface area contributed by atoms with Crippen LogP contribution < -0.4 is 14.5 Å². The average Bonchev–Trinajstić information content (AvgIpc) is 3.50. The lowest BCUT2D eigenvalue weighted by Crippen LogP contribution is -2.21. The second-order valence-corrected chi connectivity index (χ2v) is 8.90. The Morgan fingerprint density at radius 1 is 0.914 bits per heavy atom. The third-order valence-corrected chi connectivity index (χ3v) is 6.53. The predicted molar refractivity (Wildman–Crippen MR) is 141 cm³/mol. The van der Waals surface area contributed by atoms with Crippen molar-refractivity contribution in [3.8, 4) is 22.8 Å². The van der Waals surface area contributed by atoms with E-state index in [0.29, 0.717) is 32.9 Å². The van der Waals surface area contributed by atoms with Crippen LogP contribution in [0.1, 0.15) is 11.1 Å². The summed E-state index contributed by atoms with van der Waals surface area (Å²) in [6.07, 6.45) is 1.81. The van der Waals surface area contributed by atoms with Gasteiger partial charge in [0.25, 0.3) is 5.91 Å². The minimum Gasteiger partial charge on any atom is -0.493 e. The average molecular weight is 502 g/mol. The van der Waals surface area contributed by atoms with Crippen LogP contribution in [0.3, 0.4) is 0 Å². The molecule has 2 heterocycles. The second kappa shape index (κ2) is 9.74. The number of hydrazone groups is 1. The molecule has 35 heavy (non-hydrogen) atoms. The topological polar surface area (TPSA) is 64.0 Å². The first-order valence-corrected chi connectivity index (χ1v) is 12.0. The maximum absolute atomic E-state index is 13.6. The van der Waals surface area contributed by atoms with Crippen molar-refractivity contribution in [3.63, 3.8) is 0 Å². The number of thiazole rings is 1. The Morgan fingerprint density at radius 3 is 2.37 bits per heavy atom. The number of amides is 1. The van der Waals surface area contributed by atoms with Gasteiger partial charge >= 0.3 is 0 Å². The zero-order valence-electron chi connectivity index (χ0n) is 18.9. The van der Waals surface area contributed by atoms with Crippen LogP contribution >= 0.6 is 22.9 Å². The standard InChI is InChI=1S/C27H20ClN3O3S/c1-33-23-13-8-17(15-24(23)34-2)14-21-25(19-6-4-3-5-7-19)30-31(26(21)32)27-29-22(16-35-27)18-9-11-20(28)12-10-18/h3-16H,1-2H3. The molecule has 174 valence electrons. The molecule has 3 aromatic carbocycles. The Morgan fingerprint density at radius 2 is 1.66 bits per heavy atom. The van der Waals surface area contributed by atoms with Gasteiger partial charge in [0, 0.05) is 21.5 Å². The molecular formula is C27H20ClN3O3S. The van der Waals surface area contributed by atoms with E-state index in [-0.39, 0.29) is 5.91 Å². The van der Waals surface area contributed by atoms with Crippen molar-refractivity contribution in [3.05, 3.63) is 99.9 Å². The first-order valence-electron chi connectivity index (χ1n) is 10.7. The molecule has 0 atom stereocenters. The number of methoxy groups -OCH3 is 2.